The van der Waals surface area contributed by atoms with Gasteiger partial charge in [0, 0.05) is 7.05 Å². The number of amides is 1. The number of esters is 1. The van der Waals surface area contributed by atoms with Gasteiger partial charge in [0.05, 0.1) is 13.2 Å². The zero-order chi connectivity index (χ0) is 19.5. The molecule has 5 heteroatoms. The quantitative estimate of drug-likeness (QED) is 0.384. The summed E-state index contributed by atoms with van der Waals surface area (Å²) in [4.78, 5) is 26.1. The fourth-order valence-corrected chi connectivity index (χ4v) is 2.34. The molecule has 0 radical (unpaired) electrons. The van der Waals surface area contributed by atoms with Crippen molar-refractivity contribution in [1.82, 2.24) is 4.90 Å². The largest absolute Gasteiger partial charge is 0.464 e. The van der Waals surface area contributed by atoms with Gasteiger partial charge in [-0.25, -0.2) is 9.59 Å². The third-order valence-corrected chi connectivity index (χ3v) is 3.84. The third kappa shape index (κ3) is 11.8. The van der Waals surface area contributed by atoms with Crippen LogP contribution in [0, 0.1) is 11.3 Å². The van der Waals surface area contributed by atoms with E-state index in [1.807, 2.05) is 34.6 Å². The van der Waals surface area contributed by atoms with Crippen molar-refractivity contribution in [3.8, 4) is 0 Å². The van der Waals surface area contributed by atoms with Gasteiger partial charge in [-0.2, -0.15) is 0 Å². The predicted molar refractivity (Wildman–Crippen MR) is 102 cm³/mol. The molecule has 0 saturated carbocycles. The summed E-state index contributed by atoms with van der Waals surface area (Å²) in [5, 5.41) is 0. The van der Waals surface area contributed by atoms with Crippen molar-refractivity contribution in [2.45, 2.75) is 86.1 Å². The van der Waals surface area contributed by atoms with Gasteiger partial charge in [0.2, 0.25) is 0 Å². The van der Waals surface area contributed by atoms with E-state index in [9.17, 15) is 9.59 Å². The molecular formula is C20H39NO4. The van der Waals surface area contributed by atoms with Gasteiger partial charge in [-0.05, 0) is 24.2 Å². The van der Waals surface area contributed by atoms with Crippen LogP contribution >= 0.6 is 0 Å². The first-order valence-corrected chi connectivity index (χ1v) is 9.64. The monoisotopic (exact) mass is 357 g/mol. The highest BCUT2D eigenvalue weighted by molar-refractivity contribution is 5.81. The van der Waals surface area contributed by atoms with Gasteiger partial charge in [-0.1, -0.05) is 67.2 Å². The SMILES string of the molecule is CCCCCCCOC(=O)C(CC(C)C)N(C)C(=O)OCC(C)(C)C. The summed E-state index contributed by atoms with van der Waals surface area (Å²) in [5.41, 5.74) is -0.108. The van der Waals surface area contributed by atoms with Gasteiger partial charge in [-0.3, -0.25) is 4.90 Å². The minimum atomic E-state index is -0.594. The van der Waals surface area contributed by atoms with Crippen molar-refractivity contribution in [2.75, 3.05) is 20.3 Å². The lowest BCUT2D eigenvalue weighted by Crippen LogP contribution is -2.45. The molecule has 0 N–H and O–H groups in total. The lowest BCUT2D eigenvalue weighted by Gasteiger charge is -2.28. The van der Waals surface area contributed by atoms with Crippen molar-refractivity contribution in [3.63, 3.8) is 0 Å². The zero-order valence-electron chi connectivity index (χ0n) is 17.4. The first-order valence-electron chi connectivity index (χ1n) is 9.64. The third-order valence-electron chi connectivity index (χ3n) is 3.84. The molecule has 0 heterocycles. The number of likely N-dealkylation sites (N-methyl/N-ethyl adjacent to an activating group) is 1. The maximum Gasteiger partial charge on any atom is 0.410 e. The summed E-state index contributed by atoms with van der Waals surface area (Å²) in [6, 6.07) is -0.594. The van der Waals surface area contributed by atoms with Crippen LogP contribution < -0.4 is 0 Å². The number of rotatable bonds is 11. The minimum Gasteiger partial charge on any atom is -0.464 e. The average molecular weight is 358 g/mol. The van der Waals surface area contributed by atoms with Crippen LogP contribution in [0.15, 0.2) is 0 Å². The minimum absolute atomic E-state index is 0.108. The summed E-state index contributed by atoms with van der Waals surface area (Å²) in [7, 11) is 1.61. The standard InChI is InChI=1S/C20H39NO4/c1-8-9-10-11-12-13-24-18(22)17(14-16(2)3)21(7)19(23)25-15-20(4,5)6/h16-17H,8-15H2,1-7H3. The van der Waals surface area contributed by atoms with E-state index in [1.54, 1.807) is 7.05 Å². The maximum atomic E-state index is 12.4. The molecule has 0 aromatic rings. The second-order valence-electron chi connectivity index (χ2n) is 8.45. The number of hydrogen-bond acceptors (Lipinski definition) is 4. The Morgan fingerprint density at radius 1 is 1.00 bits per heavy atom. The second-order valence-corrected chi connectivity index (χ2v) is 8.45. The van der Waals surface area contributed by atoms with Crippen molar-refractivity contribution in [3.05, 3.63) is 0 Å². The number of unbranched alkanes of at least 4 members (excludes halogenated alkanes) is 4. The molecule has 0 aliphatic carbocycles. The number of nitrogens with zero attached hydrogens (tertiary/aromatic N) is 1. The molecular weight excluding hydrogens is 318 g/mol. The van der Waals surface area contributed by atoms with E-state index >= 15 is 0 Å². The van der Waals surface area contributed by atoms with Crippen LogP contribution in [0.3, 0.4) is 0 Å². The number of carbonyl (C=O) groups is 2. The Balaban J connectivity index is 4.54. The zero-order valence-corrected chi connectivity index (χ0v) is 17.4. The number of ether oxygens (including phenoxy) is 2. The first-order chi connectivity index (χ1) is 11.6. The van der Waals surface area contributed by atoms with Gasteiger partial charge in [0.15, 0.2) is 0 Å². The van der Waals surface area contributed by atoms with Crippen LogP contribution in [0.4, 0.5) is 4.79 Å². The van der Waals surface area contributed by atoms with Crippen molar-refractivity contribution < 1.29 is 19.1 Å². The topological polar surface area (TPSA) is 55.8 Å². The Hall–Kier alpha value is -1.26. The Morgan fingerprint density at radius 2 is 1.60 bits per heavy atom. The summed E-state index contributed by atoms with van der Waals surface area (Å²) in [6.45, 7) is 13.0. The lowest BCUT2D eigenvalue weighted by atomic mass is 9.99. The average Bonchev–Trinajstić information content (AvgIpc) is 2.51. The Morgan fingerprint density at radius 3 is 2.12 bits per heavy atom. The van der Waals surface area contributed by atoms with E-state index in [0.29, 0.717) is 19.6 Å². The van der Waals surface area contributed by atoms with Crippen molar-refractivity contribution in [1.29, 1.82) is 0 Å². The molecule has 0 aromatic heterocycles. The first kappa shape index (κ1) is 23.7. The molecule has 5 nitrogen and oxygen atoms in total. The van der Waals surface area contributed by atoms with Crippen LogP contribution in [-0.4, -0.2) is 43.3 Å². The van der Waals surface area contributed by atoms with Crippen LogP contribution in [0.25, 0.3) is 0 Å². The molecule has 0 saturated heterocycles. The van der Waals surface area contributed by atoms with Crippen molar-refractivity contribution in [2.24, 2.45) is 11.3 Å². The predicted octanol–water partition coefficient (Wildman–Crippen LogP) is 5.03. The fourth-order valence-electron chi connectivity index (χ4n) is 2.34. The fraction of sp³-hybridized carbons (Fsp3) is 0.900. The molecule has 148 valence electrons. The van der Waals surface area contributed by atoms with Gasteiger partial charge < -0.3 is 9.47 Å². The molecule has 25 heavy (non-hydrogen) atoms. The van der Waals surface area contributed by atoms with E-state index in [2.05, 4.69) is 6.92 Å². The van der Waals surface area contributed by atoms with Crippen LogP contribution in [0.2, 0.25) is 0 Å². The lowest BCUT2D eigenvalue weighted by molar-refractivity contribution is -0.149. The van der Waals surface area contributed by atoms with E-state index in [4.69, 9.17) is 9.47 Å². The highest BCUT2D eigenvalue weighted by atomic mass is 16.6. The van der Waals surface area contributed by atoms with Crippen LogP contribution in [-0.2, 0) is 14.3 Å². The van der Waals surface area contributed by atoms with Crippen molar-refractivity contribution >= 4 is 12.1 Å². The van der Waals surface area contributed by atoms with E-state index in [0.717, 1.165) is 12.8 Å². The van der Waals surface area contributed by atoms with Crippen LogP contribution in [0.1, 0.15) is 80.1 Å². The highest BCUT2D eigenvalue weighted by Crippen LogP contribution is 2.17. The van der Waals surface area contributed by atoms with Gasteiger partial charge in [0.25, 0.3) is 0 Å². The summed E-state index contributed by atoms with van der Waals surface area (Å²) in [5.74, 6) is -0.0561. The van der Waals surface area contributed by atoms with E-state index < -0.39 is 12.1 Å². The molecule has 1 amide bonds. The second kappa shape index (κ2) is 12.2. The molecule has 0 aromatic carbocycles. The number of hydrogen-bond donors (Lipinski definition) is 0. The smallest absolute Gasteiger partial charge is 0.410 e. The van der Waals surface area contributed by atoms with Gasteiger partial charge in [-0.15, -0.1) is 0 Å². The molecule has 0 bridgehead atoms. The molecule has 0 rings (SSSR count). The molecule has 0 fully saturated rings. The summed E-state index contributed by atoms with van der Waals surface area (Å²) < 4.78 is 10.7. The van der Waals surface area contributed by atoms with Gasteiger partial charge in [0.1, 0.15) is 6.04 Å². The highest BCUT2D eigenvalue weighted by Gasteiger charge is 2.30. The molecule has 1 unspecified atom stereocenters. The van der Waals surface area contributed by atoms with E-state index in [-0.39, 0.29) is 17.3 Å². The van der Waals surface area contributed by atoms with Crippen LogP contribution in [0.5, 0.6) is 0 Å². The Bertz CT molecular complexity index is 388. The maximum absolute atomic E-state index is 12.4. The molecule has 1 atom stereocenters. The Labute approximate surface area is 154 Å². The number of carbonyl (C=O) groups excluding carboxylic acids is 2. The van der Waals surface area contributed by atoms with E-state index in [1.165, 1.54) is 24.2 Å². The molecule has 0 aliphatic rings. The van der Waals surface area contributed by atoms with Gasteiger partial charge >= 0.3 is 12.1 Å². The molecule has 0 aliphatic heterocycles. The Kier molecular flexibility index (Phi) is 11.5. The summed E-state index contributed by atoms with van der Waals surface area (Å²) >= 11 is 0. The molecule has 0 spiro atoms. The summed E-state index contributed by atoms with van der Waals surface area (Å²) in [6.07, 6.45) is 5.61. The normalized spacial score (nSPS) is 12.8.